The summed E-state index contributed by atoms with van der Waals surface area (Å²) in [4.78, 5) is 12.3. The van der Waals surface area contributed by atoms with Crippen LogP contribution in [0.1, 0.15) is 45.1 Å². The summed E-state index contributed by atoms with van der Waals surface area (Å²) in [6.07, 6.45) is 3.42. The van der Waals surface area contributed by atoms with E-state index in [-0.39, 0.29) is 18.2 Å². The van der Waals surface area contributed by atoms with Gasteiger partial charge < -0.3 is 20.1 Å². The van der Waals surface area contributed by atoms with Crippen molar-refractivity contribution in [1.29, 1.82) is 0 Å². The molecule has 27 heavy (non-hydrogen) atoms. The zero-order valence-corrected chi connectivity index (χ0v) is 16.1. The Bertz CT molecular complexity index is 593. The van der Waals surface area contributed by atoms with Gasteiger partial charge in [0.15, 0.2) is 0 Å². The Balaban J connectivity index is 1.91. The van der Waals surface area contributed by atoms with Crippen molar-refractivity contribution in [2.24, 2.45) is 11.8 Å². The van der Waals surface area contributed by atoms with Gasteiger partial charge in [0.25, 0.3) is 0 Å². The minimum atomic E-state index is -2.93. The highest BCUT2D eigenvalue weighted by molar-refractivity contribution is 5.76. The van der Waals surface area contributed by atoms with Crippen molar-refractivity contribution in [3.8, 4) is 11.5 Å². The van der Waals surface area contributed by atoms with E-state index in [2.05, 4.69) is 22.3 Å². The lowest BCUT2D eigenvalue weighted by Crippen LogP contribution is -2.33. The van der Waals surface area contributed by atoms with Gasteiger partial charge in [0.1, 0.15) is 11.5 Å². The molecule has 152 valence electrons. The SMILES string of the molecule is CCCOc1ccc(CNC(=O)CC(C)C2CCNCC2)c(OC(F)F)c1. The van der Waals surface area contributed by atoms with Gasteiger partial charge in [-0.05, 0) is 56.3 Å². The third-order valence-corrected chi connectivity index (χ3v) is 4.90. The molecule has 0 radical (unpaired) electrons. The summed E-state index contributed by atoms with van der Waals surface area (Å²) < 4.78 is 35.5. The molecule has 1 heterocycles. The second-order valence-corrected chi connectivity index (χ2v) is 7.04. The normalized spacial score (nSPS) is 16.2. The number of hydrogen-bond donors (Lipinski definition) is 2. The first-order chi connectivity index (χ1) is 13.0. The fraction of sp³-hybridized carbons (Fsp3) is 0.650. The summed E-state index contributed by atoms with van der Waals surface area (Å²) in [6, 6.07) is 4.80. The molecule has 0 aliphatic carbocycles. The largest absolute Gasteiger partial charge is 0.493 e. The number of piperidine rings is 1. The fourth-order valence-corrected chi connectivity index (χ4v) is 3.33. The van der Waals surface area contributed by atoms with Crippen molar-refractivity contribution in [1.82, 2.24) is 10.6 Å². The van der Waals surface area contributed by atoms with Crippen LogP contribution in [0.15, 0.2) is 18.2 Å². The quantitative estimate of drug-likeness (QED) is 0.646. The Kier molecular flexibility index (Phi) is 8.78. The number of ether oxygens (including phenoxy) is 2. The summed E-state index contributed by atoms with van der Waals surface area (Å²) >= 11 is 0. The van der Waals surface area contributed by atoms with Crippen molar-refractivity contribution in [2.75, 3.05) is 19.7 Å². The van der Waals surface area contributed by atoms with Crippen molar-refractivity contribution in [3.63, 3.8) is 0 Å². The number of nitrogens with one attached hydrogen (secondary N) is 2. The van der Waals surface area contributed by atoms with Crippen LogP contribution < -0.4 is 20.1 Å². The average molecular weight is 384 g/mol. The molecular weight excluding hydrogens is 354 g/mol. The molecule has 1 fully saturated rings. The summed E-state index contributed by atoms with van der Waals surface area (Å²) in [5.74, 6) is 1.28. The maximum Gasteiger partial charge on any atom is 0.387 e. The first kappa shape index (κ1) is 21.4. The molecule has 1 aliphatic rings. The van der Waals surface area contributed by atoms with E-state index >= 15 is 0 Å². The second-order valence-electron chi connectivity index (χ2n) is 7.04. The standard InChI is InChI=1S/C20H30F2N2O3/c1-3-10-26-17-5-4-16(18(12-17)27-20(21)22)13-24-19(25)11-14(2)15-6-8-23-9-7-15/h4-5,12,14-15,20,23H,3,6-11,13H2,1-2H3,(H,24,25). The molecule has 0 saturated carbocycles. The third-order valence-electron chi connectivity index (χ3n) is 4.90. The Labute approximate surface area is 159 Å². The summed E-state index contributed by atoms with van der Waals surface area (Å²) in [5, 5.41) is 6.15. The van der Waals surface area contributed by atoms with Gasteiger partial charge in [0.2, 0.25) is 5.91 Å². The Morgan fingerprint density at radius 2 is 2.07 bits per heavy atom. The number of benzene rings is 1. The van der Waals surface area contributed by atoms with Crippen LogP contribution in [0.3, 0.4) is 0 Å². The number of carbonyl (C=O) groups excluding carboxylic acids is 1. The molecule has 1 unspecified atom stereocenters. The van der Waals surface area contributed by atoms with E-state index in [1.807, 2.05) is 6.92 Å². The smallest absolute Gasteiger partial charge is 0.387 e. The van der Waals surface area contributed by atoms with Gasteiger partial charge in [-0.25, -0.2) is 0 Å². The van der Waals surface area contributed by atoms with E-state index in [9.17, 15) is 13.6 Å². The van der Waals surface area contributed by atoms with E-state index in [0.717, 1.165) is 32.4 Å². The van der Waals surface area contributed by atoms with Crippen molar-refractivity contribution >= 4 is 5.91 Å². The van der Waals surface area contributed by atoms with Crippen LogP contribution in [0.25, 0.3) is 0 Å². The van der Waals surface area contributed by atoms with Crippen LogP contribution in [-0.2, 0) is 11.3 Å². The van der Waals surface area contributed by atoms with Crippen LogP contribution in [-0.4, -0.2) is 32.2 Å². The molecule has 7 heteroatoms. The molecule has 1 aliphatic heterocycles. The topological polar surface area (TPSA) is 59.6 Å². The van der Waals surface area contributed by atoms with Crippen LogP contribution in [0.4, 0.5) is 8.78 Å². The van der Waals surface area contributed by atoms with Gasteiger partial charge in [-0.2, -0.15) is 8.78 Å². The predicted molar refractivity (Wildman–Crippen MR) is 100 cm³/mol. The zero-order chi connectivity index (χ0) is 19.6. The number of carbonyl (C=O) groups is 1. The van der Waals surface area contributed by atoms with Gasteiger partial charge in [-0.3, -0.25) is 4.79 Å². The van der Waals surface area contributed by atoms with E-state index in [4.69, 9.17) is 4.74 Å². The van der Waals surface area contributed by atoms with Gasteiger partial charge >= 0.3 is 6.61 Å². The highest BCUT2D eigenvalue weighted by Crippen LogP contribution is 2.27. The molecular formula is C20H30F2N2O3. The number of halogens is 2. The fourth-order valence-electron chi connectivity index (χ4n) is 3.33. The summed E-state index contributed by atoms with van der Waals surface area (Å²) in [6.45, 7) is 3.77. The maximum absolute atomic E-state index is 12.7. The number of rotatable bonds is 10. The number of amides is 1. The first-order valence-electron chi connectivity index (χ1n) is 9.67. The monoisotopic (exact) mass is 384 g/mol. The Morgan fingerprint density at radius 3 is 2.74 bits per heavy atom. The number of alkyl halides is 2. The van der Waals surface area contributed by atoms with Crippen LogP contribution in [0, 0.1) is 11.8 Å². The zero-order valence-electron chi connectivity index (χ0n) is 16.1. The molecule has 5 nitrogen and oxygen atoms in total. The molecule has 0 aromatic heterocycles. The minimum Gasteiger partial charge on any atom is -0.493 e. The minimum absolute atomic E-state index is 0.0327. The Morgan fingerprint density at radius 1 is 1.33 bits per heavy atom. The molecule has 1 amide bonds. The molecule has 1 saturated heterocycles. The summed E-state index contributed by atoms with van der Waals surface area (Å²) in [7, 11) is 0. The van der Waals surface area contributed by atoms with E-state index in [1.165, 1.54) is 6.07 Å². The molecule has 1 aromatic rings. The highest BCUT2D eigenvalue weighted by atomic mass is 19.3. The Hall–Kier alpha value is -1.89. The van der Waals surface area contributed by atoms with Gasteiger partial charge in [-0.1, -0.05) is 13.8 Å². The van der Waals surface area contributed by atoms with Gasteiger partial charge in [0.05, 0.1) is 6.61 Å². The molecule has 2 N–H and O–H groups in total. The maximum atomic E-state index is 12.7. The lowest BCUT2D eigenvalue weighted by Gasteiger charge is -2.27. The van der Waals surface area contributed by atoms with E-state index in [1.54, 1.807) is 12.1 Å². The van der Waals surface area contributed by atoms with Gasteiger partial charge in [-0.15, -0.1) is 0 Å². The number of hydrogen-bond acceptors (Lipinski definition) is 4. The predicted octanol–water partition coefficient (Wildman–Crippen LogP) is 3.72. The van der Waals surface area contributed by atoms with E-state index < -0.39 is 6.61 Å². The van der Waals surface area contributed by atoms with Gasteiger partial charge in [0, 0.05) is 24.6 Å². The van der Waals surface area contributed by atoms with Crippen LogP contribution >= 0.6 is 0 Å². The van der Waals surface area contributed by atoms with Crippen LogP contribution in [0.5, 0.6) is 11.5 Å². The molecule has 0 bridgehead atoms. The summed E-state index contributed by atoms with van der Waals surface area (Å²) in [5.41, 5.74) is 0.502. The molecule has 1 atom stereocenters. The average Bonchev–Trinajstić information content (AvgIpc) is 2.65. The second kappa shape index (κ2) is 11.1. The molecule has 2 rings (SSSR count). The molecule has 1 aromatic carbocycles. The third kappa shape index (κ3) is 7.33. The lowest BCUT2D eigenvalue weighted by molar-refractivity contribution is -0.122. The van der Waals surface area contributed by atoms with Crippen molar-refractivity contribution in [3.05, 3.63) is 23.8 Å². The lowest BCUT2D eigenvalue weighted by atomic mass is 9.84. The van der Waals surface area contributed by atoms with Crippen LogP contribution in [0.2, 0.25) is 0 Å². The first-order valence-corrected chi connectivity index (χ1v) is 9.67. The molecule has 0 spiro atoms. The highest BCUT2D eigenvalue weighted by Gasteiger charge is 2.22. The van der Waals surface area contributed by atoms with Crippen molar-refractivity contribution in [2.45, 2.75) is 52.7 Å². The van der Waals surface area contributed by atoms with Crippen molar-refractivity contribution < 1.29 is 23.0 Å². The van der Waals surface area contributed by atoms with E-state index in [0.29, 0.717) is 36.2 Å².